The number of esters is 2. The number of ether oxygens (including phenoxy) is 3. The third kappa shape index (κ3) is 6.32. The van der Waals surface area contributed by atoms with Gasteiger partial charge in [0.25, 0.3) is 5.91 Å². The number of carbonyl (C=O) groups excluding carboxylic acids is 3. The molecule has 1 unspecified atom stereocenters. The molecule has 11 nitrogen and oxygen atoms in total. The molecule has 2 aromatic rings. The molecule has 1 saturated heterocycles. The van der Waals surface area contributed by atoms with E-state index in [4.69, 9.17) is 14.2 Å². The quantitative estimate of drug-likeness (QED) is 0.569. The van der Waals surface area contributed by atoms with Crippen molar-refractivity contribution >= 4 is 23.7 Å². The molecule has 3 heterocycles. The van der Waals surface area contributed by atoms with Crippen LogP contribution in [0.2, 0.25) is 0 Å². The van der Waals surface area contributed by atoms with Crippen molar-refractivity contribution in [1.82, 2.24) is 20.0 Å². The summed E-state index contributed by atoms with van der Waals surface area (Å²) in [7, 11) is 0. The van der Waals surface area contributed by atoms with Crippen molar-refractivity contribution in [3.8, 4) is 5.69 Å². The zero-order valence-corrected chi connectivity index (χ0v) is 19.6. The SMILES string of the molecule is CC(=O)OC(C(=O)OC(C)(C)C)[C@H]1O[C@@H](C)CN(c2ccn(-c3cnnc(C(F)(F)F)c3)n2)C1=O. The van der Waals surface area contributed by atoms with Crippen LogP contribution in [0.1, 0.15) is 40.3 Å². The number of hydrogen-bond acceptors (Lipinski definition) is 9. The monoisotopic (exact) mass is 499 g/mol. The summed E-state index contributed by atoms with van der Waals surface area (Å²) in [4.78, 5) is 38.8. The van der Waals surface area contributed by atoms with Crippen LogP contribution in [-0.4, -0.2) is 68.3 Å². The molecule has 0 radical (unpaired) electrons. The van der Waals surface area contributed by atoms with Crippen molar-refractivity contribution in [2.24, 2.45) is 0 Å². The Kier molecular flexibility index (Phi) is 7.15. The topological polar surface area (TPSA) is 126 Å². The van der Waals surface area contributed by atoms with E-state index in [1.807, 2.05) is 0 Å². The molecule has 14 heteroatoms. The maximum atomic E-state index is 13.3. The molecule has 1 aliphatic rings. The van der Waals surface area contributed by atoms with Gasteiger partial charge in [0.15, 0.2) is 17.6 Å². The molecule has 0 aromatic carbocycles. The number of carbonyl (C=O) groups is 3. The molecular formula is C21H24F3N5O6. The van der Waals surface area contributed by atoms with E-state index in [-0.39, 0.29) is 18.1 Å². The van der Waals surface area contributed by atoms with Crippen molar-refractivity contribution in [3.05, 3.63) is 30.2 Å². The maximum Gasteiger partial charge on any atom is 0.435 e. The van der Waals surface area contributed by atoms with Crippen LogP contribution in [0.15, 0.2) is 24.5 Å². The lowest BCUT2D eigenvalue weighted by Gasteiger charge is -2.37. The molecule has 0 bridgehead atoms. The Balaban J connectivity index is 1.90. The molecule has 0 N–H and O–H groups in total. The van der Waals surface area contributed by atoms with Crippen molar-refractivity contribution in [3.63, 3.8) is 0 Å². The Morgan fingerprint density at radius 2 is 1.94 bits per heavy atom. The fraction of sp³-hybridized carbons (Fsp3) is 0.524. The summed E-state index contributed by atoms with van der Waals surface area (Å²) in [5, 5.41) is 10.6. The van der Waals surface area contributed by atoms with E-state index in [0.717, 1.165) is 23.9 Å². The fourth-order valence-electron chi connectivity index (χ4n) is 3.25. The van der Waals surface area contributed by atoms with Gasteiger partial charge in [-0.25, -0.2) is 9.48 Å². The minimum Gasteiger partial charge on any atom is -0.457 e. The van der Waals surface area contributed by atoms with Gasteiger partial charge in [-0.2, -0.15) is 18.3 Å². The third-order valence-corrected chi connectivity index (χ3v) is 4.58. The maximum absolute atomic E-state index is 13.3. The van der Waals surface area contributed by atoms with Gasteiger partial charge in [-0.15, -0.1) is 10.2 Å². The highest BCUT2D eigenvalue weighted by atomic mass is 19.4. The van der Waals surface area contributed by atoms with Crippen LogP contribution in [0.5, 0.6) is 0 Å². The molecule has 0 saturated carbocycles. The second-order valence-corrected chi connectivity index (χ2v) is 8.79. The number of halogens is 3. The van der Waals surface area contributed by atoms with Crippen molar-refractivity contribution in [1.29, 1.82) is 0 Å². The van der Waals surface area contributed by atoms with Gasteiger partial charge in [0, 0.05) is 19.2 Å². The Morgan fingerprint density at radius 3 is 2.54 bits per heavy atom. The molecule has 35 heavy (non-hydrogen) atoms. The summed E-state index contributed by atoms with van der Waals surface area (Å²) < 4.78 is 56.1. The van der Waals surface area contributed by atoms with Crippen molar-refractivity contribution in [2.75, 3.05) is 11.4 Å². The van der Waals surface area contributed by atoms with E-state index in [1.165, 1.54) is 17.2 Å². The molecule has 3 rings (SSSR count). The average molecular weight is 499 g/mol. The zero-order valence-electron chi connectivity index (χ0n) is 19.6. The summed E-state index contributed by atoms with van der Waals surface area (Å²) in [5.74, 6) is -2.45. The lowest BCUT2D eigenvalue weighted by atomic mass is 10.1. The van der Waals surface area contributed by atoms with Gasteiger partial charge in [-0.05, 0) is 33.8 Å². The Labute approximate surface area is 198 Å². The normalized spacial score (nSPS) is 19.9. The predicted molar refractivity (Wildman–Crippen MR) is 112 cm³/mol. The van der Waals surface area contributed by atoms with E-state index in [1.54, 1.807) is 27.7 Å². The van der Waals surface area contributed by atoms with E-state index in [2.05, 4.69) is 15.3 Å². The molecule has 3 atom stereocenters. The van der Waals surface area contributed by atoms with Gasteiger partial charge >= 0.3 is 18.1 Å². The predicted octanol–water partition coefficient (Wildman–Crippen LogP) is 2.07. The Morgan fingerprint density at radius 1 is 1.26 bits per heavy atom. The molecule has 1 amide bonds. The summed E-state index contributed by atoms with van der Waals surface area (Å²) >= 11 is 0. The minimum atomic E-state index is -4.70. The highest BCUT2D eigenvalue weighted by Gasteiger charge is 2.46. The highest BCUT2D eigenvalue weighted by molar-refractivity contribution is 6.00. The average Bonchev–Trinajstić information content (AvgIpc) is 3.22. The summed E-state index contributed by atoms with van der Waals surface area (Å²) in [5.41, 5.74) is -2.16. The number of aromatic nitrogens is 4. The lowest BCUT2D eigenvalue weighted by Crippen LogP contribution is -2.58. The number of anilines is 1. The van der Waals surface area contributed by atoms with Crippen LogP contribution >= 0.6 is 0 Å². The first-order valence-electron chi connectivity index (χ1n) is 10.5. The number of rotatable bonds is 5. The summed E-state index contributed by atoms with van der Waals surface area (Å²) in [6, 6.07) is 2.16. The van der Waals surface area contributed by atoms with Crippen LogP contribution < -0.4 is 4.90 Å². The first kappa shape index (κ1) is 26.1. The number of amides is 1. The molecule has 190 valence electrons. The second-order valence-electron chi connectivity index (χ2n) is 8.79. The van der Waals surface area contributed by atoms with Gasteiger partial charge in [0.2, 0.25) is 6.10 Å². The van der Waals surface area contributed by atoms with Crippen molar-refractivity contribution < 1.29 is 41.8 Å². The first-order chi connectivity index (χ1) is 16.2. The van der Waals surface area contributed by atoms with Crippen molar-refractivity contribution in [2.45, 2.75) is 64.7 Å². The fourth-order valence-corrected chi connectivity index (χ4v) is 3.25. The van der Waals surface area contributed by atoms with Gasteiger partial charge in [0.05, 0.1) is 24.5 Å². The largest absolute Gasteiger partial charge is 0.457 e. The Hall–Kier alpha value is -3.55. The van der Waals surface area contributed by atoms with Crippen LogP contribution in [0, 0.1) is 0 Å². The smallest absolute Gasteiger partial charge is 0.435 e. The van der Waals surface area contributed by atoms with Crippen LogP contribution in [0.3, 0.4) is 0 Å². The number of morpholine rings is 1. The zero-order chi connectivity index (χ0) is 26.1. The van der Waals surface area contributed by atoms with Gasteiger partial charge in [0.1, 0.15) is 5.60 Å². The highest BCUT2D eigenvalue weighted by Crippen LogP contribution is 2.29. The van der Waals surface area contributed by atoms with Crippen LogP contribution in [-0.2, 0) is 34.8 Å². The summed E-state index contributed by atoms with van der Waals surface area (Å²) in [6.07, 6.45) is -6.09. The van der Waals surface area contributed by atoms with Crippen LogP contribution in [0.4, 0.5) is 19.0 Å². The second kappa shape index (κ2) is 9.60. The number of alkyl halides is 3. The number of hydrogen-bond donors (Lipinski definition) is 0. The van der Waals surface area contributed by atoms with E-state index in [9.17, 15) is 27.6 Å². The lowest BCUT2D eigenvalue weighted by molar-refractivity contribution is -0.191. The summed E-state index contributed by atoms with van der Waals surface area (Å²) in [6.45, 7) is 7.56. The van der Waals surface area contributed by atoms with Crippen LogP contribution in [0.25, 0.3) is 5.69 Å². The molecule has 0 spiro atoms. The molecule has 0 aliphatic carbocycles. The Bertz CT molecular complexity index is 1110. The van der Waals surface area contributed by atoms with E-state index >= 15 is 0 Å². The molecule has 1 fully saturated rings. The van der Waals surface area contributed by atoms with Gasteiger partial charge in [-0.3, -0.25) is 14.5 Å². The van der Waals surface area contributed by atoms with E-state index < -0.39 is 53.6 Å². The van der Waals surface area contributed by atoms with E-state index in [0.29, 0.717) is 0 Å². The minimum absolute atomic E-state index is 0.0237. The molecule has 2 aromatic heterocycles. The van der Waals surface area contributed by atoms with Gasteiger partial charge < -0.3 is 14.2 Å². The standard InChI is InChI=1S/C21H24F3N5O6/c1-11-10-28(15-6-7-29(27-15)13-8-14(21(22,23)24)26-25-9-13)18(31)16(33-11)17(34-12(2)30)19(32)35-20(3,4)5/h6-9,11,16-17H,10H2,1-5H3/t11-,16+,17?/m0/s1. The molecular weight excluding hydrogens is 475 g/mol. The first-order valence-corrected chi connectivity index (χ1v) is 10.5. The molecule has 1 aliphatic heterocycles. The number of nitrogens with zero attached hydrogens (tertiary/aromatic N) is 5. The third-order valence-electron chi connectivity index (χ3n) is 4.58. The van der Waals surface area contributed by atoms with Gasteiger partial charge in [-0.1, -0.05) is 0 Å².